The van der Waals surface area contributed by atoms with E-state index in [9.17, 15) is 9.59 Å². The first-order valence-electron chi connectivity index (χ1n) is 9.62. The molecule has 2 N–H and O–H groups in total. The van der Waals surface area contributed by atoms with Crippen molar-refractivity contribution in [2.75, 3.05) is 25.1 Å². The van der Waals surface area contributed by atoms with Gasteiger partial charge in [0.25, 0.3) is 11.8 Å². The fourth-order valence-electron chi connectivity index (χ4n) is 3.22. The Kier molecular flexibility index (Phi) is 7.12. The third-order valence-electron chi connectivity index (χ3n) is 4.74. The van der Waals surface area contributed by atoms with Crippen molar-refractivity contribution in [1.29, 1.82) is 0 Å². The normalized spacial score (nSPS) is 15.8. The van der Waals surface area contributed by atoms with E-state index in [1.807, 2.05) is 13.8 Å². The molecule has 2 amide bonds. The molecular weight excluding hydrogens is 392 g/mol. The summed E-state index contributed by atoms with van der Waals surface area (Å²) in [6.07, 6.45) is 2.01. The number of hydrogen-bond acceptors (Lipinski definition) is 4. The Morgan fingerprint density at radius 1 is 1.21 bits per heavy atom. The van der Waals surface area contributed by atoms with Gasteiger partial charge < -0.3 is 20.1 Å². The summed E-state index contributed by atoms with van der Waals surface area (Å²) in [5.41, 5.74) is 2.61. The van der Waals surface area contributed by atoms with Gasteiger partial charge >= 0.3 is 0 Å². The average molecular weight is 417 g/mol. The van der Waals surface area contributed by atoms with Gasteiger partial charge in [-0.1, -0.05) is 23.7 Å². The van der Waals surface area contributed by atoms with Gasteiger partial charge in [-0.15, -0.1) is 0 Å². The van der Waals surface area contributed by atoms with E-state index < -0.39 is 0 Å². The van der Waals surface area contributed by atoms with Crippen LogP contribution in [0.15, 0.2) is 36.4 Å². The Bertz CT molecular complexity index is 871. The molecule has 1 aliphatic heterocycles. The summed E-state index contributed by atoms with van der Waals surface area (Å²) >= 11 is 6.15. The minimum Gasteiger partial charge on any atom is -0.484 e. The molecule has 29 heavy (non-hydrogen) atoms. The second kappa shape index (κ2) is 9.76. The number of aryl methyl sites for hydroxylation is 2. The highest BCUT2D eigenvalue weighted by Crippen LogP contribution is 2.26. The number of amides is 2. The first-order chi connectivity index (χ1) is 13.9. The predicted molar refractivity (Wildman–Crippen MR) is 113 cm³/mol. The fraction of sp³-hybridized carbons (Fsp3) is 0.364. The molecule has 2 aromatic rings. The second-order valence-corrected chi connectivity index (χ2v) is 7.48. The lowest BCUT2D eigenvalue weighted by Gasteiger charge is -2.14. The SMILES string of the molecule is Cc1cc(OCC(=O)Nc2ccccc2C(=O)NCC2CCCO2)cc(C)c1Cl. The van der Waals surface area contributed by atoms with Gasteiger partial charge in [-0.25, -0.2) is 0 Å². The van der Waals surface area contributed by atoms with Gasteiger partial charge in [0.15, 0.2) is 6.61 Å². The summed E-state index contributed by atoms with van der Waals surface area (Å²) in [5.74, 6) is -0.0296. The Balaban J connectivity index is 1.58. The molecule has 0 radical (unpaired) electrons. The smallest absolute Gasteiger partial charge is 0.262 e. The van der Waals surface area contributed by atoms with Crippen LogP contribution in [0.4, 0.5) is 5.69 Å². The molecule has 2 aromatic carbocycles. The number of carbonyl (C=O) groups is 2. The van der Waals surface area contributed by atoms with Crippen LogP contribution >= 0.6 is 11.6 Å². The van der Waals surface area contributed by atoms with Gasteiger partial charge in [-0.05, 0) is 62.1 Å². The van der Waals surface area contributed by atoms with Crippen molar-refractivity contribution in [3.05, 3.63) is 58.1 Å². The third kappa shape index (κ3) is 5.71. The molecule has 6 nitrogen and oxygen atoms in total. The van der Waals surface area contributed by atoms with Crippen molar-refractivity contribution in [1.82, 2.24) is 5.32 Å². The number of para-hydroxylation sites is 1. The van der Waals surface area contributed by atoms with Gasteiger partial charge in [-0.3, -0.25) is 9.59 Å². The van der Waals surface area contributed by atoms with Gasteiger partial charge in [0, 0.05) is 18.2 Å². The first-order valence-corrected chi connectivity index (χ1v) is 10.00. The maximum absolute atomic E-state index is 12.5. The van der Waals surface area contributed by atoms with Gasteiger partial charge in [0.2, 0.25) is 0 Å². The number of rotatable bonds is 7. The zero-order valence-corrected chi connectivity index (χ0v) is 17.3. The van der Waals surface area contributed by atoms with E-state index >= 15 is 0 Å². The van der Waals surface area contributed by atoms with Crippen LogP contribution in [0.3, 0.4) is 0 Å². The quantitative estimate of drug-likeness (QED) is 0.718. The van der Waals surface area contributed by atoms with E-state index in [1.165, 1.54) is 0 Å². The molecule has 0 spiro atoms. The summed E-state index contributed by atoms with van der Waals surface area (Å²) in [7, 11) is 0. The summed E-state index contributed by atoms with van der Waals surface area (Å²) in [6, 6.07) is 10.5. The van der Waals surface area contributed by atoms with Crippen LogP contribution in [-0.4, -0.2) is 37.7 Å². The maximum atomic E-state index is 12.5. The molecule has 1 unspecified atom stereocenters. The Morgan fingerprint density at radius 2 is 1.93 bits per heavy atom. The molecule has 0 bridgehead atoms. The lowest BCUT2D eigenvalue weighted by atomic mass is 10.1. The summed E-state index contributed by atoms with van der Waals surface area (Å²) in [4.78, 5) is 24.9. The van der Waals surface area contributed by atoms with Crippen LogP contribution in [0.5, 0.6) is 5.75 Å². The average Bonchev–Trinajstić information content (AvgIpc) is 3.22. The molecule has 0 saturated carbocycles. The van der Waals surface area contributed by atoms with E-state index in [4.69, 9.17) is 21.1 Å². The standard InChI is InChI=1S/C22H25ClN2O4/c1-14-10-17(11-15(2)21(14)23)29-13-20(26)25-19-8-4-3-7-18(19)22(27)24-12-16-6-5-9-28-16/h3-4,7-8,10-11,16H,5-6,9,12-13H2,1-2H3,(H,24,27)(H,25,26). The van der Waals surface area contributed by atoms with E-state index in [1.54, 1.807) is 36.4 Å². The number of halogens is 1. The van der Waals surface area contributed by atoms with E-state index in [2.05, 4.69) is 10.6 Å². The molecule has 1 fully saturated rings. The minimum absolute atomic E-state index is 0.0559. The van der Waals surface area contributed by atoms with Crippen molar-refractivity contribution in [2.24, 2.45) is 0 Å². The van der Waals surface area contributed by atoms with Crippen molar-refractivity contribution in [2.45, 2.75) is 32.8 Å². The first kappa shape index (κ1) is 21.1. The van der Waals surface area contributed by atoms with Crippen LogP contribution in [0, 0.1) is 13.8 Å². The van der Waals surface area contributed by atoms with E-state index in [-0.39, 0.29) is 24.5 Å². The van der Waals surface area contributed by atoms with Crippen LogP contribution in [0.2, 0.25) is 5.02 Å². The monoisotopic (exact) mass is 416 g/mol. The van der Waals surface area contributed by atoms with Crippen LogP contribution < -0.4 is 15.4 Å². The Morgan fingerprint density at radius 3 is 2.62 bits per heavy atom. The van der Waals surface area contributed by atoms with Crippen molar-refractivity contribution in [3.8, 4) is 5.75 Å². The topological polar surface area (TPSA) is 76.7 Å². The van der Waals surface area contributed by atoms with Gasteiger partial charge in [0.1, 0.15) is 5.75 Å². The largest absolute Gasteiger partial charge is 0.484 e. The molecule has 1 aliphatic rings. The van der Waals surface area contributed by atoms with E-state index in [0.29, 0.717) is 28.6 Å². The molecule has 1 heterocycles. The molecule has 3 rings (SSSR count). The predicted octanol–water partition coefficient (Wildman–Crippen LogP) is 3.88. The maximum Gasteiger partial charge on any atom is 0.262 e. The number of nitrogens with one attached hydrogen (secondary N) is 2. The third-order valence-corrected chi connectivity index (χ3v) is 5.34. The lowest BCUT2D eigenvalue weighted by Crippen LogP contribution is -2.32. The fourth-order valence-corrected chi connectivity index (χ4v) is 3.33. The number of benzene rings is 2. The molecule has 0 aliphatic carbocycles. The zero-order chi connectivity index (χ0) is 20.8. The van der Waals surface area contributed by atoms with Crippen LogP contribution in [0.25, 0.3) is 0 Å². The summed E-state index contributed by atoms with van der Waals surface area (Å²) < 4.78 is 11.1. The van der Waals surface area contributed by atoms with Crippen LogP contribution in [0.1, 0.15) is 34.3 Å². The molecule has 154 valence electrons. The van der Waals surface area contributed by atoms with Crippen molar-refractivity contribution in [3.63, 3.8) is 0 Å². The van der Waals surface area contributed by atoms with Crippen molar-refractivity contribution >= 4 is 29.1 Å². The molecule has 0 aromatic heterocycles. The van der Waals surface area contributed by atoms with Gasteiger partial charge in [-0.2, -0.15) is 0 Å². The molecule has 1 saturated heterocycles. The highest BCUT2D eigenvalue weighted by atomic mass is 35.5. The summed E-state index contributed by atoms with van der Waals surface area (Å²) in [6.45, 7) is 4.78. The molecular formula is C22H25ClN2O4. The minimum atomic E-state index is -0.352. The molecule has 1 atom stereocenters. The zero-order valence-electron chi connectivity index (χ0n) is 16.6. The van der Waals surface area contributed by atoms with Crippen molar-refractivity contribution < 1.29 is 19.1 Å². The molecule has 7 heteroatoms. The number of ether oxygens (including phenoxy) is 2. The number of carbonyl (C=O) groups excluding carboxylic acids is 2. The van der Waals surface area contributed by atoms with E-state index in [0.717, 1.165) is 30.6 Å². The Hall–Kier alpha value is -2.57. The van der Waals surface area contributed by atoms with Gasteiger partial charge in [0.05, 0.1) is 17.4 Å². The highest BCUT2D eigenvalue weighted by molar-refractivity contribution is 6.32. The lowest BCUT2D eigenvalue weighted by molar-refractivity contribution is -0.118. The number of hydrogen-bond donors (Lipinski definition) is 2. The second-order valence-electron chi connectivity index (χ2n) is 7.10. The highest BCUT2D eigenvalue weighted by Gasteiger charge is 2.18. The Labute approximate surface area is 175 Å². The summed E-state index contributed by atoms with van der Waals surface area (Å²) in [5, 5.41) is 6.30. The number of anilines is 1. The van der Waals surface area contributed by atoms with Crippen LogP contribution in [-0.2, 0) is 9.53 Å².